The molecule has 0 fully saturated rings. The maximum absolute atomic E-state index is 11.7. The third-order valence-electron chi connectivity index (χ3n) is 2.61. The molecule has 0 spiro atoms. The van der Waals surface area contributed by atoms with Gasteiger partial charge in [-0.1, -0.05) is 11.6 Å². The van der Waals surface area contributed by atoms with Crippen LogP contribution in [0.15, 0.2) is 36.5 Å². The monoisotopic (exact) mass is 356 g/mol. The van der Waals surface area contributed by atoms with Gasteiger partial charge in [0.05, 0.1) is 19.6 Å². The lowest BCUT2D eigenvalue weighted by atomic mass is 10.2. The van der Waals surface area contributed by atoms with Gasteiger partial charge in [0.1, 0.15) is 16.5 Å². The summed E-state index contributed by atoms with van der Waals surface area (Å²) in [5, 5.41) is 0.300. The maximum atomic E-state index is 11.7. The zero-order chi connectivity index (χ0) is 17.0. The quantitative estimate of drug-likeness (QED) is 0.882. The molecule has 1 aromatic carbocycles. The second kappa shape index (κ2) is 6.84. The van der Waals surface area contributed by atoms with Crippen molar-refractivity contribution in [2.45, 2.75) is 0 Å². The molecule has 0 unspecified atom stereocenters. The van der Waals surface area contributed by atoms with Gasteiger partial charge < -0.3 is 9.47 Å². The van der Waals surface area contributed by atoms with Gasteiger partial charge in [-0.2, -0.15) is 0 Å². The Morgan fingerprint density at radius 2 is 1.87 bits per heavy atom. The molecule has 23 heavy (non-hydrogen) atoms. The molecular weight excluding hydrogens is 344 g/mol. The molecule has 0 radical (unpaired) electrons. The van der Waals surface area contributed by atoms with Crippen molar-refractivity contribution in [3.05, 3.63) is 47.1 Å². The number of aromatic nitrogens is 1. The molecule has 2 rings (SSSR count). The average Bonchev–Trinajstić information content (AvgIpc) is 2.46. The Kier molecular flexibility index (Phi) is 5.07. The molecular formula is C14H13ClN2O5S. The van der Waals surface area contributed by atoms with Gasteiger partial charge in [0.2, 0.25) is 15.9 Å². The molecule has 7 nitrogen and oxygen atoms in total. The first-order valence-electron chi connectivity index (χ1n) is 6.28. The number of carbonyl (C=O) groups excluding carboxylic acids is 1. The van der Waals surface area contributed by atoms with Gasteiger partial charge in [-0.05, 0) is 24.3 Å². The smallest absolute Gasteiger partial charge is 0.264 e. The minimum atomic E-state index is -3.61. The van der Waals surface area contributed by atoms with Gasteiger partial charge >= 0.3 is 0 Å². The van der Waals surface area contributed by atoms with Gasteiger partial charge in [0.15, 0.2) is 0 Å². The minimum Gasteiger partial charge on any atom is -0.480 e. The Bertz CT molecular complexity index is 822. The summed E-state index contributed by atoms with van der Waals surface area (Å²) in [6.07, 6.45) is 2.35. The molecule has 1 aromatic heterocycles. The normalized spacial score (nSPS) is 10.9. The topological polar surface area (TPSA) is 94.6 Å². The van der Waals surface area contributed by atoms with E-state index in [0.29, 0.717) is 16.5 Å². The number of hydrogen-bond donors (Lipinski definition) is 1. The van der Waals surface area contributed by atoms with E-state index in [2.05, 4.69) is 4.98 Å². The number of sulfonamides is 1. The molecule has 0 saturated heterocycles. The summed E-state index contributed by atoms with van der Waals surface area (Å²) >= 11 is 5.95. The molecule has 0 aliphatic rings. The molecule has 122 valence electrons. The van der Waals surface area contributed by atoms with Gasteiger partial charge in [-0.3, -0.25) is 4.79 Å². The lowest BCUT2D eigenvalue weighted by Gasteiger charge is -2.08. The maximum Gasteiger partial charge on any atom is 0.264 e. The number of nitrogens with one attached hydrogen (secondary N) is 1. The molecule has 1 heterocycles. The van der Waals surface area contributed by atoms with E-state index in [-0.39, 0.29) is 11.4 Å². The van der Waals surface area contributed by atoms with Crippen LogP contribution in [0.5, 0.6) is 17.4 Å². The highest BCUT2D eigenvalue weighted by Gasteiger charge is 2.11. The van der Waals surface area contributed by atoms with E-state index in [4.69, 9.17) is 21.1 Å². The van der Waals surface area contributed by atoms with Crippen molar-refractivity contribution in [1.29, 1.82) is 0 Å². The lowest BCUT2D eigenvalue weighted by Crippen LogP contribution is -2.29. The number of amides is 1. The largest absolute Gasteiger partial charge is 0.480 e. The van der Waals surface area contributed by atoms with E-state index >= 15 is 0 Å². The van der Waals surface area contributed by atoms with Crippen LogP contribution in [0.2, 0.25) is 5.02 Å². The Morgan fingerprint density at radius 1 is 1.22 bits per heavy atom. The van der Waals surface area contributed by atoms with Crippen molar-refractivity contribution in [2.24, 2.45) is 0 Å². The lowest BCUT2D eigenvalue weighted by molar-refractivity contribution is 0.0981. The fourth-order valence-corrected chi connectivity index (χ4v) is 2.34. The highest BCUT2D eigenvalue weighted by atomic mass is 35.5. The number of hydrogen-bond acceptors (Lipinski definition) is 6. The molecule has 0 atom stereocenters. The van der Waals surface area contributed by atoms with Crippen LogP contribution in [-0.2, 0) is 10.0 Å². The second-order valence-corrected chi connectivity index (χ2v) is 6.65. The van der Waals surface area contributed by atoms with E-state index in [1.807, 2.05) is 4.72 Å². The molecule has 9 heteroatoms. The van der Waals surface area contributed by atoms with Crippen molar-refractivity contribution in [2.75, 3.05) is 13.4 Å². The van der Waals surface area contributed by atoms with E-state index in [0.717, 1.165) is 6.26 Å². The summed E-state index contributed by atoms with van der Waals surface area (Å²) in [4.78, 5) is 15.6. The number of pyridine rings is 1. The van der Waals surface area contributed by atoms with Crippen molar-refractivity contribution in [1.82, 2.24) is 9.71 Å². The average molecular weight is 357 g/mol. The fraction of sp³-hybridized carbons (Fsp3) is 0.143. The Labute approximate surface area is 138 Å². The van der Waals surface area contributed by atoms with Crippen LogP contribution in [0.1, 0.15) is 10.4 Å². The Morgan fingerprint density at radius 3 is 2.39 bits per heavy atom. The zero-order valence-electron chi connectivity index (χ0n) is 12.2. The van der Waals surface area contributed by atoms with Crippen LogP contribution in [0.25, 0.3) is 0 Å². The van der Waals surface area contributed by atoms with Crippen LogP contribution in [-0.4, -0.2) is 32.7 Å². The van der Waals surface area contributed by atoms with E-state index in [1.54, 1.807) is 0 Å². The van der Waals surface area contributed by atoms with Gasteiger partial charge in [-0.15, -0.1) is 0 Å². The summed E-state index contributed by atoms with van der Waals surface area (Å²) in [5.74, 6) is 0.396. The molecule has 0 saturated carbocycles. The van der Waals surface area contributed by atoms with Crippen LogP contribution in [0.3, 0.4) is 0 Å². The fourth-order valence-electron chi connectivity index (χ4n) is 1.65. The molecule has 1 N–H and O–H groups in total. The molecule has 2 aromatic rings. The Balaban J connectivity index is 2.11. The highest BCUT2D eigenvalue weighted by Crippen LogP contribution is 2.28. The van der Waals surface area contributed by atoms with E-state index in [9.17, 15) is 13.2 Å². The SMILES string of the molecule is COc1ncc(Oc2ccc(C(=O)NS(C)(=O)=O)cc2)cc1Cl. The zero-order valence-corrected chi connectivity index (χ0v) is 13.8. The third kappa shape index (κ3) is 4.83. The number of ether oxygens (including phenoxy) is 2. The van der Waals surface area contributed by atoms with Crippen molar-refractivity contribution >= 4 is 27.5 Å². The number of halogens is 1. The minimum absolute atomic E-state index is 0.189. The number of benzene rings is 1. The predicted molar refractivity (Wildman–Crippen MR) is 84.6 cm³/mol. The molecule has 0 aliphatic carbocycles. The van der Waals surface area contributed by atoms with Crippen LogP contribution >= 0.6 is 11.6 Å². The molecule has 0 aliphatic heterocycles. The van der Waals surface area contributed by atoms with Crippen LogP contribution < -0.4 is 14.2 Å². The van der Waals surface area contributed by atoms with Crippen molar-refractivity contribution in [3.63, 3.8) is 0 Å². The number of carbonyl (C=O) groups is 1. The summed E-state index contributed by atoms with van der Waals surface area (Å²) in [6.45, 7) is 0. The van der Waals surface area contributed by atoms with Gasteiger partial charge in [0.25, 0.3) is 5.91 Å². The summed E-state index contributed by atoms with van der Waals surface area (Å²) in [7, 11) is -2.15. The van der Waals surface area contributed by atoms with Gasteiger partial charge in [-0.25, -0.2) is 18.1 Å². The third-order valence-corrected chi connectivity index (χ3v) is 3.43. The van der Waals surface area contributed by atoms with Crippen LogP contribution in [0.4, 0.5) is 0 Å². The number of methoxy groups -OCH3 is 1. The first kappa shape index (κ1) is 17.0. The highest BCUT2D eigenvalue weighted by molar-refractivity contribution is 7.89. The summed E-state index contributed by atoms with van der Waals surface area (Å²) in [5.41, 5.74) is 0.189. The van der Waals surface area contributed by atoms with E-state index < -0.39 is 15.9 Å². The predicted octanol–water partition coefficient (Wildman–Crippen LogP) is 2.23. The summed E-state index contributed by atoms with van der Waals surface area (Å²) in [6, 6.07) is 7.46. The second-order valence-electron chi connectivity index (χ2n) is 4.49. The number of rotatable bonds is 5. The van der Waals surface area contributed by atoms with Gasteiger partial charge in [0, 0.05) is 11.6 Å². The first-order chi connectivity index (χ1) is 10.8. The molecule has 0 bridgehead atoms. The standard InChI is InChI=1S/C14H13ClN2O5S/c1-21-14-12(15)7-11(8-16-14)22-10-5-3-9(4-6-10)13(18)17-23(2,19)20/h3-8H,1-2H3,(H,17,18). The van der Waals surface area contributed by atoms with E-state index in [1.165, 1.54) is 43.6 Å². The number of nitrogens with zero attached hydrogens (tertiary/aromatic N) is 1. The summed E-state index contributed by atoms with van der Waals surface area (Å²) < 4.78 is 34.4. The molecule has 1 amide bonds. The Hall–Kier alpha value is -2.32. The van der Waals surface area contributed by atoms with Crippen LogP contribution in [0, 0.1) is 0 Å². The van der Waals surface area contributed by atoms with Crippen molar-refractivity contribution < 1.29 is 22.7 Å². The van der Waals surface area contributed by atoms with Crippen molar-refractivity contribution in [3.8, 4) is 17.4 Å². The first-order valence-corrected chi connectivity index (χ1v) is 8.55.